The molecule has 0 aliphatic heterocycles. The van der Waals surface area contributed by atoms with E-state index in [9.17, 15) is 8.78 Å². The Morgan fingerprint density at radius 1 is 1.25 bits per heavy atom. The van der Waals surface area contributed by atoms with Crippen LogP contribution in [0.2, 0.25) is 0 Å². The van der Waals surface area contributed by atoms with Crippen LogP contribution in [0, 0.1) is 11.6 Å². The van der Waals surface area contributed by atoms with Crippen molar-refractivity contribution >= 4 is 15.9 Å². The van der Waals surface area contributed by atoms with Gasteiger partial charge in [-0.2, -0.15) is 0 Å². The largest absolute Gasteiger partial charge is 0.306 e. The molecular formula is C15H15BrF2N2. The molecule has 1 unspecified atom stereocenters. The number of rotatable bonds is 5. The molecule has 1 aromatic carbocycles. The molecule has 0 radical (unpaired) electrons. The summed E-state index contributed by atoms with van der Waals surface area (Å²) < 4.78 is 28.6. The molecule has 106 valence electrons. The van der Waals surface area contributed by atoms with Crippen molar-refractivity contribution in [3.8, 4) is 0 Å². The standard InChI is InChI=1S/C15H15BrF2N2/c1-2-7-20-15(10-6-8-19-9-13(10)17)11-4-3-5-12(16)14(11)18/h3-6,8-9,15,20H,2,7H2,1H3. The zero-order valence-corrected chi connectivity index (χ0v) is 12.6. The second kappa shape index (κ2) is 6.90. The highest BCUT2D eigenvalue weighted by Gasteiger charge is 2.21. The Labute approximate surface area is 125 Å². The summed E-state index contributed by atoms with van der Waals surface area (Å²) in [7, 11) is 0. The third-order valence-electron chi connectivity index (χ3n) is 3.01. The molecule has 1 heterocycles. The summed E-state index contributed by atoms with van der Waals surface area (Å²) in [6.45, 7) is 2.67. The van der Waals surface area contributed by atoms with Crippen molar-refractivity contribution in [1.82, 2.24) is 10.3 Å². The molecule has 0 aliphatic rings. The first-order chi connectivity index (χ1) is 9.65. The van der Waals surface area contributed by atoms with Crippen LogP contribution >= 0.6 is 15.9 Å². The summed E-state index contributed by atoms with van der Waals surface area (Å²) in [5.41, 5.74) is 0.809. The molecule has 2 nitrogen and oxygen atoms in total. The van der Waals surface area contributed by atoms with E-state index < -0.39 is 11.9 Å². The Morgan fingerprint density at radius 2 is 2.05 bits per heavy atom. The van der Waals surface area contributed by atoms with E-state index in [1.54, 1.807) is 24.3 Å². The number of nitrogens with zero attached hydrogens (tertiary/aromatic N) is 1. The highest BCUT2D eigenvalue weighted by atomic mass is 79.9. The lowest BCUT2D eigenvalue weighted by molar-refractivity contribution is 0.516. The van der Waals surface area contributed by atoms with E-state index in [0.717, 1.165) is 12.6 Å². The number of hydrogen-bond acceptors (Lipinski definition) is 2. The van der Waals surface area contributed by atoms with Crippen LogP contribution in [0.1, 0.15) is 30.5 Å². The molecule has 0 saturated heterocycles. The van der Waals surface area contributed by atoms with Gasteiger partial charge < -0.3 is 5.32 Å². The van der Waals surface area contributed by atoms with Gasteiger partial charge in [-0.3, -0.25) is 4.98 Å². The van der Waals surface area contributed by atoms with Gasteiger partial charge in [0.2, 0.25) is 0 Å². The number of hydrogen-bond donors (Lipinski definition) is 1. The van der Waals surface area contributed by atoms with Gasteiger partial charge in [-0.25, -0.2) is 8.78 Å². The summed E-state index contributed by atoms with van der Waals surface area (Å²) in [5, 5.41) is 3.18. The van der Waals surface area contributed by atoms with Crippen LogP contribution in [0.25, 0.3) is 0 Å². The Kier molecular flexibility index (Phi) is 5.20. The first-order valence-corrected chi connectivity index (χ1v) is 7.21. The van der Waals surface area contributed by atoms with Gasteiger partial charge in [0.15, 0.2) is 0 Å². The van der Waals surface area contributed by atoms with E-state index in [0.29, 0.717) is 22.1 Å². The fourth-order valence-corrected chi connectivity index (χ4v) is 2.42. The molecular weight excluding hydrogens is 326 g/mol. The van der Waals surface area contributed by atoms with E-state index in [1.807, 2.05) is 6.92 Å². The molecule has 2 aromatic rings. The van der Waals surface area contributed by atoms with E-state index in [4.69, 9.17) is 0 Å². The van der Waals surface area contributed by atoms with Crippen molar-refractivity contribution < 1.29 is 8.78 Å². The summed E-state index contributed by atoms with van der Waals surface area (Å²) in [5.74, 6) is -0.821. The zero-order valence-electron chi connectivity index (χ0n) is 11.0. The lowest BCUT2D eigenvalue weighted by atomic mass is 9.98. The van der Waals surface area contributed by atoms with Crippen molar-refractivity contribution in [3.63, 3.8) is 0 Å². The summed E-state index contributed by atoms with van der Waals surface area (Å²) in [6.07, 6.45) is 3.53. The molecule has 0 fully saturated rings. The molecule has 0 bridgehead atoms. The van der Waals surface area contributed by atoms with Gasteiger partial charge in [0.1, 0.15) is 11.6 Å². The minimum atomic E-state index is -0.532. The quantitative estimate of drug-likeness (QED) is 0.881. The second-order valence-electron chi connectivity index (χ2n) is 4.43. The van der Waals surface area contributed by atoms with E-state index in [2.05, 4.69) is 26.2 Å². The summed E-state index contributed by atoms with van der Waals surface area (Å²) in [4.78, 5) is 3.74. The number of halogens is 3. The van der Waals surface area contributed by atoms with Crippen LogP contribution in [0.3, 0.4) is 0 Å². The molecule has 0 saturated carbocycles. The Balaban J connectivity index is 2.47. The van der Waals surface area contributed by atoms with Crippen molar-refractivity contribution in [1.29, 1.82) is 0 Å². The first-order valence-electron chi connectivity index (χ1n) is 6.41. The Bertz CT molecular complexity index is 590. The van der Waals surface area contributed by atoms with Crippen LogP contribution in [0.5, 0.6) is 0 Å². The van der Waals surface area contributed by atoms with Gasteiger partial charge in [0, 0.05) is 17.3 Å². The third kappa shape index (κ3) is 3.22. The van der Waals surface area contributed by atoms with Crippen LogP contribution in [0.4, 0.5) is 8.78 Å². The molecule has 5 heteroatoms. The maximum Gasteiger partial charge on any atom is 0.146 e. The second-order valence-corrected chi connectivity index (χ2v) is 5.28. The van der Waals surface area contributed by atoms with Gasteiger partial charge in [-0.05, 0) is 41.0 Å². The van der Waals surface area contributed by atoms with E-state index in [1.165, 1.54) is 6.20 Å². The minimum Gasteiger partial charge on any atom is -0.306 e. The number of nitrogens with one attached hydrogen (secondary N) is 1. The van der Waals surface area contributed by atoms with Crippen LogP contribution in [-0.4, -0.2) is 11.5 Å². The SMILES string of the molecule is CCCNC(c1ccncc1F)c1cccc(Br)c1F. The van der Waals surface area contributed by atoms with Gasteiger partial charge in [-0.1, -0.05) is 19.1 Å². The highest BCUT2D eigenvalue weighted by Crippen LogP contribution is 2.29. The minimum absolute atomic E-state index is 0.368. The summed E-state index contributed by atoms with van der Waals surface area (Å²) in [6, 6.07) is 6.06. The van der Waals surface area contributed by atoms with Gasteiger partial charge in [0.25, 0.3) is 0 Å². The van der Waals surface area contributed by atoms with Crippen LogP contribution < -0.4 is 5.32 Å². The molecule has 2 rings (SSSR count). The van der Waals surface area contributed by atoms with Crippen LogP contribution in [0.15, 0.2) is 41.1 Å². The predicted octanol–water partition coefficient (Wildman–Crippen LogP) is 4.21. The fraction of sp³-hybridized carbons (Fsp3) is 0.267. The predicted molar refractivity (Wildman–Crippen MR) is 78.4 cm³/mol. The molecule has 20 heavy (non-hydrogen) atoms. The molecule has 1 N–H and O–H groups in total. The van der Waals surface area contributed by atoms with Gasteiger partial charge in [0.05, 0.1) is 16.7 Å². The third-order valence-corrected chi connectivity index (χ3v) is 3.62. The lowest BCUT2D eigenvalue weighted by Crippen LogP contribution is -2.25. The van der Waals surface area contributed by atoms with Crippen molar-refractivity contribution in [3.05, 3.63) is 63.9 Å². The van der Waals surface area contributed by atoms with Crippen molar-refractivity contribution in [2.24, 2.45) is 0 Å². The molecule has 0 aliphatic carbocycles. The normalized spacial score (nSPS) is 12.4. The van der Waals surface area contributed by atoms with Crippen molar-refractivity contribution in [2.45, 2.75) is 19.4 Å². The molecule has 1 atom stereocenters. The molecule has 0 amide bonds. The number of benzene rings is 1. The fourth-order valence-electron chi connectivity index (χ4n) is 2.04. The lowest BCUT2D eigenvalue weighted by Gasteiger charge is -2.21. The zero-order chi connectivity index (χ0) is 14.5. The van der Waals surface area contributed by atoms with Crippen LogP contribution in [-0.2, 0) is 0 Å². The first kappa shape index (κ1) is 15.1. The topological polar surface area (TPSA) is 24.9 Å². The average Bonchev–Trinajstić information content (AvgIpc) is 2.45. The maximum absolute atomic E-state index is 14.3. The number of pyridine rings is 1. The monoisotopic (exact) mass is 340 g/mol. The average molecular weight is 341 g/mol. The molecule has 1 aromatic heterocycles. The highest BCUT2D eigenvalue weighted by molar-refractivity contribution is 9.10. The Hall–Kier alpha value is -1.33. The smallest absolute Gasteiger partial charge is 0.146 e. The Morgan fingerprint density at radius 3 is 2.75 bits per heavy atom. The van der Waals surface area contributed by atoms with Gasteiger partial charge in [-0.15, -0.1) is 0 Å². The van der Waals surface area contributed by atoms with Gasteiger partial charge >= 0.3 is 0 Å². The van der Waals surface area contributed by atoms with E-state index >= 15 is 0 Å². The molecule has 0 spiro atoms. The summed E-state index contributed by atoms with van der Waals surface area (Å²) >= 11 is 3.16. The van der Waals surface area contributed by atoms with Crippen molar-refractivity contribution in [2.75, 3.05) is 6.54 Å². The number of aromatic nitrogens is 1. The maximum atomic E-state index is 14.3. The van der Waals surface area contributed by atoms with E-state index in [-0.39, 0.29) is 5.82 Å².